The molecule has 0 saturated heterocycles. The fourth-order valence-corrected chi connectivity index (χ4v) is 2.53. The van der Waals surface area contributed by atoms with Crippen LogP contribution < -0.4 is 5.43 Å². The van der Waals surface area contributed by atoms with Crippen molar-refractivity contribution in [2.75, 3.05) is 0 Å². The summed E-state index contributed by atoms with van der Waals surface area (Å²) in [6.45, 7) is 4.04. The largest absolute Gasteiger partial charge is 0.273 e. The summed E-state index contributed by atoms with van der Waals surface area (Å²) < 4.78 is 0. The average molecular weight is 357 g/mol. The van der Waals surface area contributed by atoms with Gasteiger partial charge in [-0.1, -0.05) is 74.7 Å². The van der Waals surface area contributed by atoms with Gasteiger partial charge in [-0.3, -0.25) is 4.79 Å². The lowest BCUT2D eigenvalue weighted by molar-refractivity contribution is -0.121. The third-order valence-electron chi connectivity index (χ3n) is 3.69. The monoisotopic (exact) mass is 356 g/mol. The highest BCUT2D eigenvalue weighted by atomic mass is 35.5. The number of nitrogens with one attached hydrogen (secondary N) is 1. The van der Waals surface area contributed by atoms with Crippen molar-refractivity contribution in [1.82, 2.24) is 5.43 Å². The Labute approximate surface area is 149 Å². The fraction of sp³-hybridized carbons (Fsp3) is 0.556. The van der Waals surface area contributed by atoms with Crippen LogP contribution in [0.5, 0.6) is 0 Å². The first-order chi connectivity index (χ1) is 11.0. The third-order valence-corrected chi connectivity index (χ3v) is 4.43. The van der Waals surface area contributed by atoms with E-state index in [9.17, 15) is 4.79 Å². The lowest BCUT2D eigenvalue weighted by atomic mass is 10.1. The normalized spacial score (nSPS) is 11.6. The number of rotatable bonds is 10. The summed E-state index contributed by atoms with van der Waals surface area (Å²) in [6, 6.07) is 5.29. The summed E-state index contributed by atoms with van der Waals surface area (Å²) >= 11 is 11.9. The van der Waals surface area contributed by atoms with Crippen molar-refractivity contribution in [2.45, 2.75) is 65.2 Å². The Morgan fingerprint density at radius 2 is 1.70 bits per heavy atom. The molecule has 0 heterocycles. The lowest BCUT2D eigenvalue weighted by Gasteiger charge is -2.04. The van der Waals surface area contributed by atoms with Gasteiger partial charge in [-0.2, -0.15) is 5.10 Å². The van der Waals surface area contributed by atoms with Gasteiger partial charge in [0.25, 0.3) is 0 Å². The number of hydrogen-bond acceptors (Lipinski definition) is 2. The summed E-state index contributed by atoms with van der Waals surface area (Å²) in [7, 11) is 0. The van der Waals surface area contributed by atoms with Crippen molar-refractivity contribution < 1.29 is 4.79 Å². The Bertz CT molecular complexity index is 530. The van der Waals surface area contributed by atoms with E-state index in [-0.39, 0.29) is 5.91 Å². The van der Waals surface area contributed by atoms with Crippen molar-refractivity contribution >= 4 is 34.8 Å². The van der Waals surface area contributed by atoms with E-state index in [1.807, 2.05) is 13.0 Å². The summed E-state index contributed by atoms with van der Waals surface area (Å²) in [5.41, 5.74) is 4.15. The first kappa shape index (κ1) is 20.0. The van der Waals surface area contributed by atoms with Crippen LogP contribution in [-0.2, 0) is 4.79 Å². The van der Waals surface area contributed by atoms with E-state index in [1.165, 1.54) is 32.1 Å². The number of nitrogens with zero attached hydrogens (tertiary/aromatic N) is 1. The average Bonchev–Trinajstić information content (AvgIpc) is 2.54. The highest BCUT2D eigenvalue weighted by molar-refractivity contribution is 6.42. The Kier molecular flexibility index (Phi) is 9.97. The predicted octanol–water partition coefficient (Wildman–Crippen LogP) is 5.97. The van der Waals surface area contributed by atoms with E-state index in [0.717, 1.165) is 18.4 Å². The standard InChI is InChI=1S/C18H26Cl2N2O/c1-3-4-5-6-7-8-9-10-18(23)22-21-14(2)15-11-12-16(19)17(20)13-15/h11-13H,3-10H2,1-2H3,(H,22,23)/b21-14+. The zero-order valence-electron chi connectivity index (χ0n) is 14.0. The van der Waals surface area contributed by atoms with Crippen LogP contribution >= 0.6 is 23.2 Å². The molecule has 3 nitrogen and oxygen atoms in total. The van der Waals surface area contributed by atoms with Gasteiger partial charge in [-0.15, -0.1) is 0 Å². The third kappa shape index (κ3) is 8.38. The molecule has 0 aliphatic heterocycles. The number of carbonyl (C=O) groups excluding carboxylic acids is 1. The van der Waals surface area contributed by atoms with Crippen molar-refractivity contribution in [1.29, 1.82) is 0 Å². The second-order valence-corrected chi connectivity index (χ2v) is 6.55. The van der Waals surface area contributed by atoms with Crippen molar-refractivity contribution in [3.05, 3.63) is 33.8 Å². The molecule has 5 heteroatoms. The van der Waals surface area contributed by atoms with Crippen LogP contribution in [0.2, 0.25) is 10.0 Å². The lowest BCUT2D eigenvalue weighted by Crippen LogP contribution is -2.18. The van der Waals surface area contributed by atoms with Crippen LogP contribution in [-0.4, -0.2) is 11.6 Å². The number of hydrogen-bond donors (Lipinski definition) is 1. The van der Waals surface area contributed by atoms with Crippen LogP contribution in [0.1, 0.15) is 70.8 Å². The predicted molar refractivity (Wildman–Crippen MR) is 99.4 cm³/mol. The van der Waals surface area contributed by atoms with Gasteiger partial charge in [0.1, 0.15) is 0 Å². The molecule has 0 aliphatic rings. The molecule has 0 saturated carbocycles. The Balaban J connectivity index is 2.27. The summed E-state index contributed by atoms with van der Waals surface area (Å²) in [5.74, 6) is -0.0435. The van der Waals surface area contributed by atoms with E-state index in [4.69, 9.17) is 23.2 Å². The molecular weight excluding hydrogens is 331 g/mol. The van der Waals surface area contributed by atoms with Gasteiger partial charge >= 0.3 is 0 Å². The van der Waals surface area contributed by atoms with Crippen molar-refractivity contribution in [3.8, 4) is 0 Å². The molecule has 0 fully saturated rings. The molecule has 128 valence electrons. The second-order valence-electron chi connectivity index (χ2n) is 5.73. The molecule has 1 amide bonds. The molecule has 1 aromatic carbocycles. The number of benzene rings is 1. The van der Waals surface area contributed by atoms with Gasteiger partial charge in [0.15, 0.2) is 0 Å². The Morgan fingerprint density at radius 1 is 1.04 bits per heavy atom. The van der Waals surface area contributed by atoms with E-state index in [0.29, 0.717) is 22.2 Å². The number of hydrazone groups is 1. The SMILES string of the molecule is CCCCCCCCCC(=O)N/N=C(\C)c1ccc(Cl)c(Cl)c1. The van der Waals surface area contributed by atoms with Crippen LogP contribution in [0.15, 0.2) is 23.3 Å². The maximum atomic E-state index is 11.8. The van der Waals surface area contributed by atoms with E-state index in [1.54, 1.807) is 12.1 Å². The zero-order chi connectivity index (χ0) is 17.1. The van der Waals surface area contributed by atoms with Gasteiger partial charge in [0.05, 0.1) is 15.8 Å². The molecule has 1 rings (SSSR count). The first-order valence-electron chi connectivity index (χ1n) is 8.33. The maximum absolute atomic E-state index is 11.8. The molecule has 0 radical (unpaired) electrons. The van der Waals surface area contributed by atoms with Gasteiger partial charge in [-0.05, 0) is 31.0 Å². The number of amides is 1. The Morgan fingerprint density at radius 3 is 2.35 bits per heavy atom. The molecule has 0 unspecified atom stereocenters. The highest BCUT2D eigenvalue weighted by Gasteiger charge is 2.04. The fourth-order valence-electron chi connectivity index (χ4n) is 2.23. The minimum absolute atomic E-state index is 0.0435. The van der Waals surface area contributed by atoms with Crippen LogP contribution in [0.25, 0.3) is 0 Å². The molecule has 0 atom stereocenters. The topological polar surface area (TPSA) is 41.5 Å². The van der Waals surface area contributed by atoms with E-state index >= 15 is 0 Å². The first-order valence-corrected chi connectivity index (χ1v) is 9.08. The summed E-state index contributed by atoms with van der Waals surface area (Å²) in [4.78, 5) is 11.8. The second kappa shape index (κ2) is 11.5. The minimum Gasteiger partial charge on any atom is -0.273 e. The van der Waals surface area contributed by atoms with Crippen molar-refractivity contribution in [2.24, 2.45) is 5.10 Å². The van der Waals surface area contributed by atoms with Gasteiger partial charge in [-0.25, -0.2) is 5.43 Å². The van der Waals surface area contributed by atoms with Crippen LogP contribution in [0, 0.1) is 0 Å². The highest BCUT2D eigenvalue weighted by Crippen LogP contribution is 2.22. The summed E-state index contributed by atoms with van der Waals surface area (Å²) in [6.07, 6.45) is 8.89. The molecule has 0 spiro atoms. The smallest absolute Gasteiger partial charge is 0.240 e. The zero-order valence-corrected chi connectivity index (χ0v) is 15.5. The van der Waals surface area contributed by atoms with E-state index < -0.39 is 0 Å². The quantitative estimate of drug-likeness (QED) is 0.313. The Hall–Kier alpha value is -1.06. The molecule has 1 aromatic rings. The van der Waals surface area contributed by atoms with Crippen LogP contribution in [0.4, 0.5) is 0 Å². The summed E-state index contributed by atoms with van der Waals surface area (Å²) in [5, 5.41) is 5.11. The van der Waals surface area contributed by atoms with Crippen molar-refractivity contribution in [3.63, 3.8) is 0 Å². The molecule has 0 aliphatic carbocycles. The molecule has 23 heavy (non-hydrogen) atoms. The van der Waals surface area contributed by atoms with Gasteiger partial charge in [0.2, 0.25) is 5.91 Å². The molecule has 1 N–H and O–H groups in total. The number of unbranched alkanes of at least 4 members (excludes halogenated alkanes) is 6. The minimum atomic E-state index is -0.0435. The van der Waals surface area contributed by atoms with Crippen LogP contribution in [0.3, 0.4) is 0 Å². The maximum Gasteiger partial charge on any atom is 0.240 e. The van der Waals surface area contributed by atoms with Gasteiger partial charge in [0, 0.05) is 6.42 Å². The van der Waals surface area contributed by atoms with Gasteiger partial charge < -0.3 is 0 Å². The van der Waals surface area contributed by atoms with E-state index in [2.05, 4.69) is 17.5 Å². The molecule has 0 bridgehead atoms. The molecule has 0 aromatic heterocycles. The number of carbonyl (C=O) groups is 1. The molecular formula is C18H26Cl2N2O. The number of halogens is 2.